The maximum Gasteiger partial charge on any atom is 0.365 e. The van der Waals surface area contributed by atoms with Crippen molar-refractivity contribution < 1.29 is 14.6 Å². The third-order valence-electron chi connectivity index (χ3n) is 5.11. The second-order valence-electron chi connectivity index (χ2n) is 7.15. The lowest BCUT2D eigenvalue weighted by molar-refractivity contribution is -0.268. The number of nitrogens with one attached hydrogen (secondary N) is 1. The Labute approximate surface area is 182 Å². The van der Waals surface area contributed by atoms with E-state index in [0.29, 0.717) is 12.6 Å². The SMILES string of the molecule is Cl.O=C(C=Cc1c(-c2ccccc2)nn2ccccc12)OOCCC1CCCCN1. The van der Waals surface area contributed by atoms with E-state index in [2.05, 4.69) is 10.4 Å². The molecular weight excluding hydrogens is 402 g/mol. The van der Waals surface area contributed by atoms with Crippen LogP contribution in [0.25, 0.3) is 22.9 Å². The summed E-state index contributed by atoms with van der Waals surface area (Å²) in [4.78, 5) is 22.1. The highest BCUT2D eigenvalue weighted by molar-refractivity contribution is 5.91. The Balaban J connectivity index is 0.00000256. The predicted molar refractivity (Wildman–Crippen MR) is 119 cm³/mol. The molecule has 1 saturated heterocycles. The van der Waals surface area contributed by atoms with Gasteiger partial charge in [0.05, 0.1) is 12.1 Å². The molecule has 4 rings (SSSR count). The van der Waals surface area contributed by atoms with E-state index in [9.17, 15) is 4.79 Å². The second-order valence-corrected chi connectivity index (χ2v) is 7.15. The average Bonchev–Trinajstić information content (AvgIpc) is 3.15. The van der Waals surface area contributed by atoms with Crippen LogP contribution in [0, 0.1) is 0 Å². The van der Waals surface area contributed by atoms with Gasteiger partial charge in [-0.25, -0.2) is 9.31 Å². The van der Waals surface area contributed by atoms with Crippen LogP contribution in [0.1, 0.15) is 31.2 Å². The molecule has 0 amide bonds. The summed E-state index contributed by atoms with van der Waals surface area (Å²) in [5.41, 5.74) is 3.57. The van der Waals surface area contributed by atoms with Gasteiger partial charge >= 0.3 is 5.97 Å². The molecule has 7 heteroatoms. The van der Waals surface area contributed by atoms with Crippen LogP contribution in [0.5, 0.6) is 0 Å². The number of nitrogens with zero attached hydrogens (tertiary/aromatic N) is 2. The van der Waals surface area contributed by atoms with Crippen molar-refractivity contribution in [1.29, 1.82) is 0 Å². The number of benzene rings is 1. The predicted octanol–water partition coefficient (Wildman–Crippen LogP) is 4.44. The van der Waals surface area contributed by atoms with E-state index < -0.39 is 5.97 Å². The lowest BCUT2D eigenvalue weighted by atomic mass is 10.0. The molecule has 1 aliphatic rings. The molecule has 158 valence electrons. The van der Waals surface area contributed by atoms with E-state index in [-0.39, 0.29) is 12.4 Å². The molecule has 0 spiro atoms. The van der Waals surface area contributed by atoms with Crippen LogP contribution < -0.4 is 5.32 Å². The molecule has 1 unspecified atom stereocenters. The highest BCUT2D eigenvalue weighted by atomic mass is 35.5. The fourth-order valence-corrected chi connectivity index (χ4v) is 3.63. The molecule has 0 aliphatic carbocycles. The van der Waals surface area contributed by atoms with Crippen molar-refractivity contribution in [3.8, 4) is 11.3 Å². The molecule has 6 nitrogen and oxygen atoms in total. The summed E-state index contributed by atoms with van der Waals surface area (Å²) in [6.07, 6.45) is 9.46. The molecule has 0 saturated carbocycles. The van der Waals surface area contributed by atoms with E-state index in [1.807, 2.05) is 54.7 Å². The second kappa shape index (κ2) is 10.9. The minimum absolute atomic E-state index is 0. The maximum atomic E-state index is 12.1. The molecule has 2 aromatic heterocycles. The van der Waals surface area contributed by atoms with Gasteiger partial charge in [-0.05, 0) is 44.0 Å². The number of halogens is 1. The van der Waals surface area contributed by atoms with Gasteiger partial charge in [-0.15, -0.1) is 12.4 Å². The van der Waals surface area contributed by atoms with Crippen LogP contribution in [0.3, 0.4) is 0 Å². The molecule has 30 heavy (non-hydrogen) atoms. The van der Waals surface area contributed by atoms with Gasteiger partial charge in [0.1, 0.15) is 5.69 Å². The van der Waals surface area contributed by atoms with E-state index in [0.717, 1.165) is 41.7 Å². The Morgan fingerprint density at radius 1 is 1.17 bits per heavy atom. The summed E-state index contributed by atoms with van der Waals surface area (Å²) in [7, 11) is 0. The van der Waals surface area contributed by atoms with Gasteiger partial charge in [-0.2, -0.15) is 9.99 Å². The van der Waals surface area contributed by atoms with Crippen LogP contribution >= 0.6 is 12.4 Å². The molecule has 1 fully saturated rings. The first-order valence-corrected chi connectivity index (χ1v) is 10.1. The van der Waals surface area contributed by atoms with Crippen LogP contribution in [-0.4, -0.2) is 34.8 Å². The molecule has 0 bridgehead atoms. The van der Waals surface area contributed by atoms with Gasteiger partial charge in [0.2, 0.25) is 0 Å². The average molecular weight is 428 g/mol. The molecule has 3 aromatic rings. The minimum atomic E-state index is -0.532. The Kier molecular flexibility index (Phi) is 8.02. The van der Waals surface area contributed by atoms with Crippen LogP contribution in [0.15, 0.2) is 60.8 Å². The van der Waals surface area contributed by atoms with Crippen LogP contribution in [-0.2, 0) is 14.6 Å². The molecule has 1 atom stereocenters. The molecule has 3 heterocycles. The van der Waals surface area contributed by atoms with Gasteiger partial charge < -0.3 is 5.32 Å². The van der Waals surface area contributed by atoms with Crippen molar-refractivity contribution in [3.63, 3.8) is 0 Å². The summed E-state index contributed by atoms with van der Waals surface area (Å²) in [5.74, 6) is -0.532. The molecule has 1 aromatic carbocycles. The maximum absolute atomic E-state index is 12.1. The molecular formula is C23H26ClN3O3. The zero-order chi connectivity index (χ0) is 19.9. The summed E-state index contributed by atoms with van der Waals surface area (Å²) < 4.78 is 1.81. The van der Waals surface area contributed by atoms with Gasteiger partial charge in [0.25, 0.3) is 0 Å². The third-order valence-corrected chi connectivity index (χ3v) is 5.11. The van der Waals surface area contributed by atoms with Crippen molar-refractivity contribution in [2.24, 2.45) is 0 Å². The highest BCUT2D eigenvalue weighted by Crippen LogP contribution is 2.27. The molecule has 1 aliphatic heterocycles. The fraction of sp³-hybridized carbons (Fsp3) is 0.304. The number of hydrogen-bond acceptors (Lipinski definition) is 5. The van der Waals surface area contributed by atoms with Gasteiger partial charge in [-0.3, -0.25) is 4.89 Å². The molecule has 0 radical (unpaired) electrons. The van der Waals surface area contributed by atoms with E-state index >= 15 is 0 Å². The van der Waals surface area contributed by atoms with E-state index in [1.54, 1.807) is 10.6 Å². The van der Waals surface area contributed by atoms with E-state index in [1.165, 1.54) is 18.9 Å². The van der Waals surface area contributed by atoms with Crippen molar-refractivity contribution >= 4 is 30.0 Å². The standard InChI is InChI=1S/C23H25N3O3.ClH/c27-22(29-28-17-14-19-10-4-6-15-24-19)13-12-20-21-11-5-7-16-26(21)25-23(20)18-8-2-1-3-9-18;/h1-3,5,7-9,11-13,16,19,24H,4,6,10,14-15,17H2;1H. The van der Waals surface area contributed by atoms with Gasteiger partial charge in [-0.1, -0.05) is 42.8 Å². The number of carbonyl (C=O) groups is 1. The Morgan fingerprint density at radius 2 is 2.00 bits per heavy atom. The topological polar surface area (TPSA) is 64.9 Å². The van der Waals surface area contributed by atoms with Crippen molar-refractivity contribution in [2.75, 3.05) is 13.2 Å². The first kappa shape index (κ1) is 22.0. The third kappa shape index (κ3) is 5.48. The Morgan fingerprint density at radius 3 is 2.80 bits per heavy atom. The number of piperidine rings is 1. The zero-order valence-electron chi connectivity index (χ0n) is 16.7. The van der Waals surface area contributed by atoms with Crippen molar-refractivity contribution in [3.05, 3.63) is 66.4 Å². The Bertz CT molecular complexity index is 982. The summed E-state index contributed by atoms with van der Waals surface area (Å²) >= 11 is 0. The summed E-state index contributed by atoms with van der Waals surface area (Å²) in [5, 5.41) is 8.11. The number of hydrogen-bond donors (Lipinski definition) is 1. The summed E-state index contributed by atoms with van der Waals surface area (Å²) in [6.45, 7) is 1.44. The number of carbonyl (C=O) groups excluding carboxylic acids is 1. The Hall–Kier alpha value is -2.67. The van der Waals surface area contributed by atoms with Crippen LogP contribution in [0.2, 0.25) is 0 Å². The normalized spacial score (nSPS) is 16.5. The number of fused-ring (bicyclic) bond motifs is 1. The lowest BCUT2D eigenvalue weighted by Crippen LogP contribution is -2.34. The largest absolute Gasteiger partial charge is 0.365 e. The monoisotopic (exact) mass is 427 g/mol. The number of rotatable bonds is 7. The first-order valence-electron chi connectivity index (χ1n) is 10.1. The first-order chi connectivity index (χ1) is 14.3. The smallest absolute Gasteiger partial charge is 0.314 e. The van der Waals surface area contributed by atoms with Gasteiger partial charge in [0.15, 0.2) is 0 Å². The number of aromatic nitrogens is 2. The number of pyridine rings is 1. The minimum Gasteiger partial charge on any atom is -0.314 e. The highest BCUT2D eigenvalue weighted by Gasteiger charge is 2.14. The molecule has 1 N–H and O–H groups in total. The van der Waals surface area contributed by atoms with Crippen LogP contribution in [0.4, 0.5) is 0 Å². The fourth-order valence-electron chi connectivity index (χ4n) is 3.63. The summed E-state index contributed by atoms with van der Waals surface area (Å²) in [6, 6.07) is 16.2. The quantitative estimate of drug-likeness (QED) is 0.261. The van der Waals surface area contributed by atoms with Gasteiger partial charge in [0, 0.05) is 29.4 Å². The van der Waals surface area contributed by atoms with Crippen molar-refractivity contribution in [1.82, 2.24) is 14.9 Å². The van der Waals surface area contributed by atoms with Crippen molar-refractivity contribution in [2.45, 2.75) is 31.7 Å². The zero-order valence-corrected chi connectivity index (χ0v) is 17.5. The lowest BCUT2D eigenvalue weighted by Gasteiger charge is -2.22. The van der Waals surface area contributed by atoms with E-state index in [4.69, 9.17) is 9.78 Å².